The van der Waals surface area contributed by atoms with Crippen LogP contribution in [0.5, 0.6) is 11.5 Å². The second kappa shape index (κ2) is 8.19. The number of para-hydroxylation sites is 1. The average Bonchev–Trinajstić information content (AvgIpc) is 2.96. The van der Waals surface area contributed by atoms with Crippen molar-refractivity contribution >= 4 is 5.91 Å². The number of piperidine rings is 1. The van der Waals surface area contributed by atoms with Gasteiger partial charge in [0.1, 0.15) is 0 Å². The minimum absolute atomic E-state index is 0.0947. The summed E-state index contributed by atoms with van der Waals surface area (Å²) in [5.74, 6) is 0.964. The van der Waals surface area contributed by atoms with Gasteiger partial charge in [-0.3, -0.25) is 14.7 Å². The Balaban J connectivity index is 1.42. The van der Waals surface area contributed by atoms with Crippen LogP contribution < -0.4 is 14.8 Å². The van der Waals surface area contributed by atoms with Gasteiger partial charge in [0.15, 0.2) is 11.5 Å². The molecular weight excluding hydrogens is 354 g/mol. The normalized spacial score (nSPS) is 24.0. The van der Waals surface area contributed by atoms with E-state index in [1.165, 1.54) is 18.4 Å². The molecule has 6 heteroatoms. The summed E-state index contributed by atoms with van der Waals surface area (Å²) in [6.07, 6.45) is 8.08. The molecule has 2 fully saturated rings. The molecule has 0 aliphatic carbocycles. The first-order chi connectivity index (χ1) is 13.7. The molecule has 148 valence electrons. The zero-order valence-corrected chi connectivity index (χ0v) is 16.4. The van der Waals surface area contributed by atoms with Crippen molar-refractivity contribution in [3.63, 3.8) is 0 Å². The van der Waals surface area contributed by atoms with Gasteiger partial charge in [-0.2, -0.15) is 0 Å². The first-order valence-electron chi connectivity index (χ1n) is 9.86. The standard InChI is InChI=1S/C22H27N3O3/c1-27-20-5-3-4-19(21(20)28-2)22(26)24-16-12-17-6-7-18(13-16)25(17)14-15-8-10-23-11-9-15/h3-5,8-11,16-18H,6-7,12-14H2,1-2H3,(H,24,26)/t17-,18-/m1/s1. The molecule has 0 saturated carbocycles. The van der Waals surface area contributed by atoms with Crippen LogP contribution in [0, 0.1) is 0 Å². The number of rotatable bonds is 6. The molecule has 6 nitrogen and oxygen atoms in total. The van der Waals surface area contributed by atoms with Crippen LogP contribution in [0.3, 0.4) is 0 Å². The van der Waals surface area contributed by atoms with Crippen molar-refractivity contribution in [1.29, 1.82) is 0 Å². The zero-order valence-electron chi connectivity index (χ0n) is 16.4. The minimum Gasteiger partial charge on any atom is -0.493 e. The van der Waals surface area contributed by atoms with Crippen molar-refractivity contribution in [2.45, 2.75) is 50.4 Å². The van der Waals surface area contributed by atoms with Gasteiger partial charge in [0.2, 0.25) is 0 Å². The van der Waals surface area contributed by atoms with Crippen LogP contribution in [-0.4, -0.2) is 48.1 Å². The molecule has 1 amide bonds. The largest absolute Gasteiger partial charge is 0.493 e. The van der Waals surface area contributed by atoms with E-state index in [1.54, 1.807) is 26.4 Å². The van der Waals surface area contributed by atoms with E-state index in [2.05, 4.69) is 27.3 Å². The maximum absolute atomic E-state index is 12.9. The van der Waals surface area contributed by atoms with Gasteiger partial charge in [0.05, 0.1) is 19.8 Å². The number of hydrogen-bond donors (Lipinski definition) is 1. The van der Waals surface area contributed by atoms with Crippen LogP contribution in [0.25, 0.3) is 0 Å². The Morgan fingerprint density at radius 3 is 2.46 bits per heavy atom. The molecule has 0 radical (unpaired) electrons. The SMILES string of the molecule is COc1cccc(C(=O)NC2C[C@H]3CC[C@H](C2)N3Cc2ccncc2)c1OC. The number of pyridine rings is 1. The van der Waals surface area contributed by atoms with Crippen molar-refractivity contribution in [2.24, 2.45) is 0 Å². The number of nitrogens with zero attached hydrogens (tertiary/aromatic N) is 2. The van der Waals surface area contributed by atoms with Crippen molar-refractivity contribution < 1.29 is 14.3 Å². The summed E-state index contributed by atoms with van der Waals surface area (Å²) < 4.78 is 10.7. The van der Waals surface area contributed by atoms with E-state index in [9.17, 15) is 4.79 Å². The number of nitrogens with one attached hydrogen (secondary N) is 1. The Kier molecular flexibility index (Phi) is 5.48. The molecule has 2 saturated heterocycles. The van der Waals surface area contributed by atoms with Crippen molar-refractivity contribution in [1.82, 2.24) is 15.2 Å². The van der Waals surface area contributed by atoms with E-state index in [0.717, 1.165) is 19.4 Å². The molecule has 1 N–H and O–H groups in total. The Bertz CT molecular complexity index is 813. The summed E-state index contributed by atoms with van der Waals surface area (Å²) in [6, 6.07) is 10.8. The molecule has 0 unspecified atom stereocenters. The highest BCUT2D eigenvalue weighted by molar-refractivity contribution is 5.98. The lowest BCUT2D eigenvalue weighted by Gasteiger charge is -2.39. The number of fused-ring (bicyclic) bond motifs is 2. The molecule has 0 spiro atoms. The van der Waals surface area contributed by atoms with Gasteiger partial charge in [-0.25, -0.2) is 0 Å². The quantitative estimate of drug-likeness (QED) is 0.833. The molecule has 1 aromatic heterocycles. The van der Waals surface area contributed by atoms with Crippen LogP contribution in [0.1, 0.15) is 41.6 Å². The van der Waals surface area contributed by atoms with Gasteiger partial charge in [-0.15, -0.1) is 0 Å². The van der Waals surface area contributed by atoms with Gasteiger partial charge in [-0.05, 0) is 55.5 Å². The second-order valence-corrected chi connectivity index (χ2v) is 7.60. The van der Waals surface area contributed by atoms with E-state index in [0.29, 0.717) is 29.1 Å². The summed E-state index contributed by atoms with van der Waals surface area (Å²) in [5.41, 5.74) is 1.82. The maximum Gasteiger partial charge on any atom is 0.255 e. The number of carbonyl (C=O) groups excluding carboxylic acids is 1. The lowest BCUT2D eigenvalue weighted by atomic mass is 9.96. The second-order valence-electron chi connectivity index (χ2n) is 7.60. The molecule has 28 heavy (non-hydrogen) atoms. The van der Waals surface area contributed by atoms with E-state index in [1.807, 2.05) is 18.5 Å². The Labute approximate surface area is 165 Å². The van der Waals surface area contributed by atoms with Crippen LogP contribution in [0.2, 0.25) is 0 Å². The van der Waals surface area contributed by atoms with Gasteiger partial charge in [-0.1, -0.05) is 6.07 Å². The Morgan fingerprint density at radius 2 is 1.82 bits per heavy atom. The van der Waals surface area contributed by atoms with Gasteiger partial charge in [0, 0.05) is 37.1 Å². The fourth-order valence-corrected chi connectivity index (χ4v) is 4.68. The molecular formula is C22H27N3O3. The summed E-state index contributed by atoms with van der Waals surface area (Å²) in [7, 11) is 3.14. The number of carbonyl (C=O) groups is 1. The topological polar surface area (TPSA) is 63.7 Å². The third-order valence-electron chi connectivity index (χ3n) is 5.98. The van der Waals surface area contributed by atoms with Gasteiger partial charge >= 0.3 is 0 Å². The summed E-state index contributed by atoms with van der Waals surface area (Å²) in [4.78, 5) is 19.6. The monoisotopic (exact) mass is 381 g/mol. The van der Waals surface area contributed by atoms with Crippen LogP contribution in [-0.2, 0) is 6.54 Å². The van der Waals surface area contributed by atoms with E-state index in [4.69, 9.17) is 9.47 Å². The van der Waals surface area contributed by atoms with Gasteiger partial charge < -0.3 is 14.8 Å². The molecule has 2 aliphatic rings. The fourth-order valence-electron chi connectivity index (χ4n) is 4.68. The summed E-state index contributed by atoms with van der Waals surface area (Å²) in [5, 5.41) is 3.24. The fraction of sp³-hybridized carbons (Fsp3) is 0.455. The molecule has 2 aromatic rings. The van der Waals surface area contributed by atoms with Gasteiger partial charge in [0.25, 0.3) is 5.91 Å². The predicted molar refractivity (Wildman–Crippen MR) is 107 cm³/mol. The van der Waals surface area contributed by atoms with E-state index >= 15 is 0 Å². The maximum atomic E-state index is 12.9. The third kappa shape index (κ3) is 3.69. The van der Waals surface area contributed by atoms with Crippen molar-refractivity contribution in [3.8, 4) is 11.5 Å². The number of hydrogen-bond acceptors (Lipinski definition) is 5. The molecule has 2 aliphatic heterocycles. The lowest BCUT2D eigenvalue weighted by molar-refractivity contribution is 0.0825. The molecule has 2 bridgehead atoms. The third-order valence-corrected chi connectivity index (χ3v) is 5.98. The number of benzene rings is 1. The molecule has 2 atom stereocenters. The first kappa shape index (κ1) is 18.7. The molecule has 4 rings (SSSR count). The van der Waals surface area contributed by atoms with Crippen molar-refractivity contribution in [2.75, 3.05) is 14.2 Å². The van der Waals surface area contributed by atoms with E-state index < -0.39 is 0 Å². The van der Waals surface area contributed by atoms with Crippen molar-refractivity contribution in [3.05, 3.63) is 53.9 Å². The molecule has 3 heterocycles. The zero-order chi connectivity index (χ0) is 19.5. The lowest BCUT2D eigenvalue weighted by Crippen LogP contribution is -2.50. The number of aromatic nitrogens is 1. The predicted octanol–water partition coefficient (Wildman–Crippen LogP) is 3.02. The van der Waals surface area contributed by atoms with Crippen LogP contribution >= 0.6 is 0 Å². The Hall–Kier alpha value is -2.60. The smallest absolute Gasteiger partial charge is 0.255 e. The van der Waals surface area contributed by atoms with Crippen LogP contribution in [0.4, 0.5) is 0 Å². The van der Waals surface area contributed by atoms with Crippen LogP contribution in [0.15, 0.2) is 42.7 Å². The highest BCUT2D eigenvalue weighted by Crippen LogP contribution is 2.37. The summed E-state index contributed by atoms with van der Waals surface area (Å²) in [6.45, 7) is 0.961. The highest BCUT2D eigenvalue weighted by Gasteiger charge is 2.41. The minimum atomic E-state index is -0.0947. The summed E-state index contributed by atoms with van der Waals surface area (Å²) >= 11 is 0. The number of amides is 1. The van der Waals surface area contributed by atoms with E-state index in [-0.39, 0.29) is 11.9 Å². The Morgan fingerprint density at radius 1 is 1.11 bits per heavy atom. The average molecular weight is 381 g/mol. The number of ether oxygens (including phenoxy) is 2. The number of methoxy groups -OCH3 is 2. The first-order valence-corrected chi connectivity index (χ1v) is 9.86. The highest BCUT2D eigenvalue weighted by atomic mass is 16.5. The molecule has 1 aromatic carbocycles.